The van der Waals surface area contributed by atoms with Crippen molar-refractivity contribution >= 4 is 23.5 Å². The molecule has 0 radical (unpaired) electrons. The first-order chi connectivity index (χ1) is 5.29. The fourth-order valence-corrected chi connectivity index (χ4v) is 0.577. The number of hydrazone groups is 1. The van der Waals surface area contributed by atoms with E-state index in [4.69, 9.17) is 10.2 Å². The number of hydrogen-bond acceptors (Lipinski definition) is 3. The number of nitrogens with zero attached hydrogens (tertiary/aromatic N) is 1. The maximum atomic E-state index is 5.11. The van der Waals surface area contributed by atoms with Crippen LogP contribution in [0.4, 0.5) is 0 Å². The van der Waals surface area contributed by atoms with Crippen molar-refractivity contribution in [3.8, 4) is 0 Å². The van der Waals surface area contributed by atoms with Crippen molar-refractivity contribution in [3.05, 3.63) is 24.2 Å². The minimum atomic E-state index is 0. The second-order valence-corrected chi connectivity index (χ2v) is 2.19. The third-order valence-electron chi connectivity index (χ3n) is 0.910. The number of rotatable bonds is 2. The van der Waals surface area contributed by atoms with Crippen molar-refractivity contribution in [2.45, 2.75) is 0 Å². The summed E-state index contributed by atoms with van der Waals surface area (Å²) in [4.78, 5) is 0. The molecule has 0 aliphatic heterocycles. The second kappa shape index (κ2) is 5.74. The zero-order valence-corrected chi connectivity index (χ0v) is 7.77. The molecule has 0 spiro atoms. The van der Waals surface area contributed by atoms with Gasteiger partial charge in [-0.15, -0.1) is 0 Å². The van der Waals surface area contributed by atoms with E-state index in [-0.39, 0.29) is 21.6 Å². The van der Waals surface area contributed by atoms with Crippen LogP contribution >= 0.6 is 12.2 Å². The molecule has 68 valence electrons. The maximum Gasteiger partial charge on any atom is 0.184 e. The predicted molar refractivity (Wildman–Crippen MR) is 46.2 cm³/mol. The minimum absolute atomic E-state index is 0. The first kappa shape index (κ1) is 11.1. The van der Waals surface area contributed by atoms with Crippen LogP contribution in [-0.4, -0.2) is 11.3 Å². The van der Waals surface area contributed by atoms with E-state index < -0.39 is 0 Å². The van der Waals surface area contributed by atoms with Gasteiger partial charge in [0, 0.05) is 16.5 Å². The molecule has 1 rings (SSSR count). The van der Waals surface area contributed by atoms with E-state index in [1.165, 1.54) is 6.21 Å². The molecule has 0 fully saturated rings. The van der Waals surface area contributed by atoms with Crippen molar-refractivity contribution in [3.63, 3.8) is 0 Å². The van der Waals surface area contributed by atoms with Gasteiger partial charge < -0.3 is 10.2 Å². The van der Waals surface area contributed by atoms with Gasteiger partial charge in [0.25, 0.3) is 0 Å². The molecule has 0 aliphatic carbocycles. The van der Waals surface area contributed by atoms with Crippen molar-refractivity contribution in [2.24, 2.45) is 10.8 Å². The van der Waals surface area contributed by atoms with Crippen molar-refractivity contribution in [1.82, 2.24) is 5.43 Å². The van der Waals surface area contributed by atoms with E-state index in [0.717, 1.165) is 0 Å². The Morgan fingerprint density at radius 3 is 3.00 bits per heavy atom. The molecule has 4 nitrogen and oxygen atoms in total. The van der Waals surface area contributed by atoms with E-state index in [1.54, 1.807) is 18.4 Å². The van der Waals surface area contributed by atoms with Gasteiger partial charge in [-0.3, -0.25) is 5.43 Å². The molecule has 1 heterocycles. The van der Waals surface area contributed by atoms with Gasteiger partial charge in [0.05, 0.1) is 12.5 Å². The minimum Gasteiger partial charge on any atom is -0.463 e. The van der Waals surface area contributed by atoms with Crippen LogP contribution in [0.5, 0.6) is 0 Å². The van der Waals surface area contributed by atoms with Crippen LogP contribution in [0.2, 0.25) is 0 Å². The molecule has 0 saturated carbocycles. The molecule has 3 N–H and O–H groups in total. The first-order valence-corrected chi connectivity index (χ1v) is 3.32. The summed E-state index contributed by atoms with van der Waals surface area (Å²) in [6.45, 7) is 0. The van der Waals surface area contributed by atoms with Crippen molar-refractivity contribution in [2.75, 3.05) is 0 Å². The predicted octanol–water partition coefficient (Wildman–Crippen LogP) is 0.444. The summed E-state index contributed by atoms with van der Waals surface area (Å²) in [7, 11) is 0. The van der Waals surface area contributed by atoms with Crippen LogP contribution in [0.1, 0.15) is 5.76 Å². The number of nitrogens with two attached hydrogens (primary N) is 1. The van der Waals surface area contributed by atoms with Gasteiger partial charge in [-0.1, -0.05) is 0 Å². The van der Waals surface area contributed by atoms with Crippen LogP contribution < -0.4 is 11.2 Å². The van der Waals surface area contributed by atoms with Crippen molar-refractivity contribution in [1.29, 1.82) is 0 Å². The molecular formula is C6H7N3NiOS. The molecule has 0 saturated heterocycles. The average molecular weight is 228 g/mol. The van der Waals surface area contributed by atoms with Crippen LogP contribution in [0.3, 0.4) is 0 Å². The summed E-state index contributed by atoms with van der Waals surface area (Å²) in [5.74, 6) is 0.647. The molecule has 6 heteroatoms. The maximum absolute atomic E-state index is 5.11. The Balaban J connectivity index is 0.00000121. The standard InChI is InChI=1S/C6H7N3OS.Ni/c7-6(11)9-8-4-5-2-1-3-10-5;/h1-4H,(H3,7,9,11);. The molecule has 1 aromatic heterocycles. The first-order valence-electron chi connectivity index (χ1n) is 2.91. The van der Waals surface area contributed by atoms with Crippen molar-refractivity contribution < 1.29 is 20.9 Å². The smallest absolute Gasteiger partial charge is 0.184 e. The quantitative estimate of drug-likeness (QED) is 0.333. The van der Waals surface area contributed by atoms with E-state index in [2.05, 4.69) is 22.7 Å². The fourth-order valence-electron chi connectivity index (χ4n) is 0.524. The van der Waals surface area contributed by atoms with Crippen LogP contribution in [-0.2, 0) is 16.5 Å². The molecule has 0 aliphatic rings. The Morgan fingerprint density at radius 1 is 1.75 bits per heavy atom. The van der Waals surface area contributed by atoms with E-state index in [1.807, 2.05) is 0 Å². The molecule has 0 aromatic carbocycles. The Labute approximate surface area is 85.1 Å². The Kier molecular flexibility index (Phi) is 5.33. The van der Waals surface area contributed by atoms with E-state index in [0.29, 0.717) is 5.76 Å². The summed E-state index contributed by atoms with van der Waals surface area (Å²) in [6.07, 6.45) is 3.04. The third kappa shape index (κ3) is 4.10. The topological polar surface area (TPSA) is 63.5 Å². The summed E-state index contributed by atoms with van der Waals surface area (Å²) < 4.78 is 4.94. The molecule has 0 amide bonds. The fraction of sp³-hybridized carbons (Fsp3) is 0. The van der Waals surface area contributed by atoms with Gasteiger partial charge in [0.1, 0.15) is 5.76 Å². The molecule has 12 heavy (non-hydrogen) atoms. The number of nitrogens with one attached hydrogen (secondary N) is 1. The van der Waals surface area contributed by atoms with E-state index >= 15 is 0 Å². The number of furan rings is 1. The molecule has 0 bridgehead atoms. The van der Waals surface area contributed by atoms with Crippen LogP contribution in [0.15, 0.2) is 27.9 Å². The average Bonchev–Trinajstić information content (AvgIpc) is 2.39. The molecular weight excluding hydrogens is 221 g/mol. The molecule has 1 aromatic rings. The second-order valence-electron chi connectivity index (χ2n) is 1.75. The third-order valence-corrected chi connectivity index (χ3v) is 1.00. The monoisotopic (exact) mass is 227 g/mol. The van der Waals surface area contributed by atoms with Gasteiger partial charge in [-0.05, 0) is 24.4 Å². The molecule has 0 unspecified atom stereocenters. The normalized spacial score (nSPS) is 9.33. The summed E-state index contributed by atoms with van der Waals surface area (Å²) >= 11 is 4.51. The SMILES string of the molecule is NC(=S)NN=Cc1ccco1.[Ni]. The summed E-state index contributed by atoms with van der Waals surface area (Å²) in [6, 6.07) is 3.53. The largest absolute Gasteiger partial charge is 0.463 e. The van der Waals surface area contributed by atoms with Crippen LogP contribution in [0.25, 0.3) is 0 Å². The van der Waals surface area contributed by atoms with E-state index in [9.17, 15) is 0 Å². The number of hydrogen-bond donors (Lipinski definition) is 2. The van der Waals surface area contributed by atoms with Gasteiger partial charge in [-0.2, -0.15) is 5.10 Å². The zero-order valence-electron chi connectivity index (χ0n) is 5.97. The Bertz CT molecular complexity index is 260. The van der Waals surface area contributed by atoms with Gasteiger partial charge in [-0.25, -0.2) is 0 Å². The van der Waals surface area contributed by atoms with Gasteiger partial charge in [0.2, 0.25) is 0 Å². The van der Waals surface area contributed by atoms with Gasteiger partial charge >= 0.3 is 0 Å². The van der Waals surface area contributed by atoms with Gasteiger partial charge in [0.15, 0.2) is 5.11 Å². The summed E-state index contributed by atoms with van der Waals surface area (Å²) in [5, 5.41) is 3.81. The number of thiocarbonyl (C=S) groups is 1. The Hall–Kier alpha value is -0.866. The molecule has 0 atom stereocenters. The summed E-state index contributed by atoms with van der Waals surface area (Å²) in [5.41, 5.74) is 7.51. The van der Waals surface area contributed by atoms with Crippen LogP contribution in [0, 0.1) is 0 Å². The Morgan fingerprint density at radius 2 is 2.50 bits per heavy atom. The zero-order chi connectivity index (χ0) is 8.10.